The Morgan fingerprint density at radius 3 is 2.56 bits per heavy atom. The van der Waals surface area contributed by atoms with Gasteiger partial charge in [-0.3, -0.25) is 4.79 Å². The van der Waals surface area contributed by atoms with Crippen LogP contribution in [-0.4, -0.2) is 37.8 Å². The molecule has 0 aliphatic heterocycles. The van der Waals surface area contributed by atoms with Crippen molar-refractivity contribution in [1.82, 2.24) is 5.32 Å². The van der Waals surface area contributed by atoms with Crippen molar-refractivity contribution in [2.45, 2.75) is 19.8 Å². The number of aliphatic hydroxyl groups excluding tert-OH is 1. The fourth-order valence-electron chi connectivity index (χ4n) is 2.65. The van der Waals surface area contributed by atoms with Gasteiger partial charge < -0.3 is 20.5 Å². The SMILES string of the molecule is COc1ccc(C(C)CNc2cccc(C(=O)NCCO)c2C)cc1. The highest BCUT2D eigenvalue weighted by atomic mass is 16.5. The van der Waals surface area contributed by atoms with E-state index in [0.29, 0.717) is 11.5 Å². The van der Waals surface area contributed by atoms with Gasteiger partial charge in [-0.2, -0.15) is 0 Å². The van der Waals surface area contributed by atoms with Crippen LogP contribution in [-0.2, 0) is 0 Å². The quantitative estimate of drug-likeness (QED) is 0.690. The Morgan fingerprint density at radius 1 is 1.20 bits per heavy atom. The lowest BCUT2D eigenvalue weighted by Crippen LogP contribution is -2.27. The number of carbonyl (C=O) groups excluding carboxylic acids is 1. The highest BCUT2D eigenvalue weighted by molar-refractivity contribution is 5.97. The number of hydrogen-bond donors (Lipinski definition) is 3. The zero-order valence-electron chi connectivity index (χ0n) is 15.0. The van der Waals surface area contributed by atoms with Crippen molar-refractivity contribution in [3.63, 3.8) is 0 Å². The Morgan fingerprint density at radius 2 is 1.92 bits per heavy atom. The summed E-state index contributed by atoms with van der Waals surface area (Å²) >= 11 is 0. The van der Waals surface area contributed by atoms with Crippen molar-refractivity contribution in [2.24, 2.45) is 0 Å². The molecule has 3 N–H and O–H groups in total. The van der Waals surface area contributed by atoms with Gasteiger partial charge in [-0.15, -0.1) is 0 Å². The molecule has 0 heterocycles. The summed E-state index contributed by atoms with van der Waals surface area (Å²) in [5.74, 6) is 0.997. The molecule has 1 unspecified atom stereocenters. The van der Waals surface area contributed by atoms with E-state index in [9.17, 15) is 4.79 Å². The van der Waals surface area contributed by atoms with E-state index in [1.54, 1.807) is 13.2 Å². The topological polar surface area (TPSA) is 70.6 Å². The third-order valence-electron chi connectivity index (χ3n) is 4.26. The Kier molecular flexibility index (Phi) is 6.83. The second-order valence-corrected chi connectivity index (χ2v) is 6.01. The first kappa shape index (κ1) is 18.8. The van der Waals surface area contributed by atoms with Gasteiger partial charge in [0.05, 0.1) is 13.7 Å². The Labute approximate surface area is 149 Å². The standard InChI is InChI=1S/C20H26N2O3/c1-14(16-7-9-17(25-3)10-8-16)13-22-19-6-4-5-18(15(19)2)20(24)21-11-12-23/h4-10,14,22-23H,11-13H2,1-3H3,(H,21,24). The summed E-state index contributed by atoms with van der Waals surface area (Å²) in [6.07, 6.45) is 0. The van der Waals surface area contributed by atoms with E-state index >= 15 is 0 Å². The van der Waals surface area contributed by atoms with Gasteiger partial charge in [-0.05, 0) is 48.2 Å². The van der Waals surface area contributed by atoms with Crippen LogP contribution < -0.4 is 15.4 Å². The van der Waals surface area contributed by atoms with Gasteiger partial charge in [-0.25, -0.2) is 0 Å². The minimum Gasteiger partial charge on any atom is -0.497 e. The molecule has 134 valence electrons. The number of benzene rings is 2. The van der Waals surface area contributed by atoms with Crippen LogP contribution in [0.1, 0.15) is 34.3 Å². The molecule has 0 spiro atoms. The Bertz CT molecular complexity index is 699. The number of methoxy groups -OCH3 is 1. The van der Waals surface area contributed by atoms with Crippen molar-refractivity contribution in [1.29, 1.82) is 0 Å². The van der Waals surface area contributed by atoms with E-state index in [4.69, 9.17) is 9.84 Å². The van der Waals surface area contributed by atoms with Gasteiger partial charge in [0.15, 0.2) is 0 Å². The molecule has 5 nitrogen and oxygen atoms in total. The largest absolute Gasteiger partial charge is 0.497 e. The van der Waals surface area contributed by atoms with Crippen molar-refractivity contribution in [2.75, 3.05) is 32.1 Å². The third-order valence-corrected chi connectivity index (χ3v) is 4.26. The predicted molar refractivity (Wildman–Crippen MR) is 100 cm³/mol. The van der Waals surface area contributed by atoms with Crippen molar-refractivity contribution >= 4 is 11.6 Å². The summed E-state index contributed by atoms with van der Waals surface area (Å²) in [5, 5.41) is 15.0. The number of carbonyl (C=O) groups is 1. The molecule has 0 aliphatic carbocycles. The van der Waals surface area contributed by atoms with E-state index in [1.807, 2.05) is 31.2 Å². The van der Waals surface area contributed by atoms with E-state index in [0.717, 1.165) is 23.5 Å². The first-order chi connectivity index (χ1) is 12.1. The molecule has 25 heavy (non-hydrogen) atoms. The van der Waals surface area contributed by atoms with Crippen LogP contribution in [0.4, 0.5) is 5.69 Å². The van der Waals surface area contributed by atoms with Crippen molar-refractivity contribution < 1.29 is 14.6 Å². The lowest BCUT2D eigenvalue weighted by atomic mass is 10.0. The lowest BCUT2D eigenvalue weighted by molar-refractivity contribution is 0.0944. The van der Waals surface area contributed by atoms with E-state index in [2.05, 4.69) is 29.7 Å². The van der Waals surface area contributed by atoms with Crippen LogP contribution in [0.5, 0.6) is 5.75 Å². The maximum Gasteiger partial charge on any atom is 0.251 e. The molecule has 0 fully saturated rings. The first-order valence-electron chi connectivity index (χ1n) is 8.43. The number of anilines is 1. The second kappa shape index (κ2) is 9.08. The van der Waals surface area contributed by atoms with Crippen LogP contribution in [0.15, 0.2) is 42.5 Å². The Balaban J connectivity index is 2.03. The van der Waals surface area contributed by atoms with Crippen LogP contribution in [0.25, 0.3) is 0 Å². The van der Waals surface area contributed by atoms with E-state index in [1.165, 1.54) is 5.56 Å². The number of amides is 1. The molecule has 0 saturated carbocycles. The molecule has 1 atom stereocenters. The molecule has 2 aromatic rings. The second-order valence-electron chi connectivity index (χ2n) is 6.01. The number of nitrogens with one attached hydrogen (secondary N) is 2. The molecule has 2 aromatic carbocycles. The maximum atomic E-state index is 12.1. The number of aliphatic hydroxyl groups is 1. The van der Waals surface area contributed by atoms with Gasteiger partial charge in [0.2, 0.25) is 0 Å². The number of hydrogen-bond acceptors (Lipinski definition) is 4. The zero-order chi connectivity index (χ0) is 18.2. The van der Waals surface area contributed by atoms with Crippen molar-refractivity contribution in [3.8, 4) is 5.75 Å². The van der Waals surface area contributed by atoms with Crippen LogP contribution in [0.2, 0.25) is 0 Å². The van der Waals surface area contributed by atoms with E-state index in [-0.39, 0.29) is 19.1 Å². The van der Waals surface area contributed by atoms with Crippen LogP contribution >= 0.6 is 0 Å². The summed E-state index contributed by atoms with van der Waals surface area (Å²) in [7, 11) is 1.66. The predicted octanol–water partition coefficient (Wildman–Crippen LogP) is 2.94. The Hall–Kier alpha value is -2.53. The lowest BCUT2D eigenvalue weighted by Gasteiger charge is -2.17. The summed E-state index contributed by atoms with van der Waals surface area (Å²) < 4.78 is 5.19. The molecule has 2 rings (SSSR count). The smallest absolute Gasteiger partial charge is 0.251 e. The summed E-state index contributed by atoms with van der Waals surface area (Å²) in [4.78, 5) is 12.1. The van der Waals surface area contributed by atoms with Gasteiger partial charge >= 0.3 is 0 Å². The van der Waals surface area contributed by atoms with E-state index < -0.39 is 0 Å². The minimum atomic E-state index is -0.168. The van der Waals surface area contributed by atoms with Crippen molar-refractivity contribution in [3.05, 3.63) is 59.2 Å². The maximum absolute atomic E-state index is 12.1. The summed E-state index contributed by atoms with van der Waals surface area (Å²) in [5.41, 5.74) is 3.69. The van der Waals surface area contributed by atoms with Gasteiger partial charge in [0.1, 0.15) is 5.75 Å². The number of ether oxygens (including phenoxy) is 1. The highest BCUT2D eigenvalue weighted by Crippen LogP contribution is 2.23. The molecule has 0 aromatic heterocycles. The molecule has 0 saturated heterocycles. The average Bonchev–Trinajstić information content (AvgIpc) is 2.65. The fraction of sp³-hybridized carbons (Fsp3) is 0.350. The molecule has 0 bridgehead atoms. The van der Waals surface area contributed by atoms with Gasteiger partial charge in [0.25, 0.3) is 5.91 Å². The molecule has 1 amide bonds. The van der Waals surface area contributed by atoms with Crippen LogP contribution in [0.3, 0.4) is 0 Å². The summed E-state index contributed by atoms with van der Waals surface area (Å²) in [6.45, 7) is 5.03. The number of rotatable bonds is 8. The highest BCUT2D eigenvalue weighted by Gasteiger charge is 2.12. The summed E-state index contributed by atoms with van der Waals surface area (Å²) in [6, 6.07) is 13.7. The monoisotopic (exact) mass is 342 g/mol. The first-order valence-corrected chi connectivity index (χ1v) is 8.43. The molecule has 5 heteroatoms. The molecule has 0 aliphatic rings. The van der Waals surface area contributed by atoms with Gasteiger partial charge in [0, 0.05) is 24.3 Å². The third kappa shape index (κ3) is 4.97. The minimum absolute atomic E-state index is 0.0674. The van der Waals surface area contributed by atoms with Gasteiger partial charge in [-0.1, -0.05) is 25.1 Å². The molecule has 0 radical (unpaired) electrons. The zero-order valence-corrected chi connectivity index (χ0v) is 15.0. The van der Waals surface area contributed by atoms with Crippen LogP contribution in [0, 0.1) is 6.92 Å². The fourth-order valence-corrected chi connectivity index (χ4v) is 2.65. The molecular weight excluding hydrogens is 316 g/mol. The molecular formula is C20H26N2O3. The normalized spacial score (nSPS) is 11.7. The average molecular weight is 342 g/mol.